The molecule has 0 bridgehead atoms. The normalized spacial score (nSPS) is 11.3. The third-order valence-corrected chi connectivity index (χ3v) is 3.88. The smallest absolute Gasteiger partial charge is 0.351 e. The van der Waals surface area contributed by atoms with Crippen molar-refractivity contribution in [1.82, 2.24) is 0 Å². The number of ether oxygens (including phenoxy) is 2. The molecule has 0 radical (unpaired) electrons. The van der Waals surface area contributed by atoms with Gasteiger partial charge in [0.2, 0.25) is 0 Å². The van der Waals surface area contributed by atoms with Crippen molar-refractivity contribution in [2.24, 2.45) is 0 Å². The molecular formula is C21H24O5. The number of rotatable bonds is 7. The van der Waals surface area contributed by atoms with Crippen molar-refractivity contribution in [3.05, 3.63) is 63.5 Å². The molecule has 0 fully saturated rings. The number of fused-ring (bicyclic) bond motifs is 1. The third-order valence-electron chi connectivity index (χ3n) is 3.88. The van der Waals surface area contributed by atoms with Gasteiger partial charge in [-0.1, -0.05) is 17.2 Å². The first-order chi connectivity index (χ1) is 12.4. The fourth-order valence-electron chi connectivity index (χ4n) is 2.41. The monoisotopic (exact) mass is 356 g/mol. The van der Waals surface area contributed by atoms with Gasteiger partial charge < -0.3 is 13.9 Å². The summed E-state index contributed by atoms with van der Waals surface area (Å²) >= 11 is 0. The number of esters is 1. The summed E-state index contributed by atoms with van der Waals surface area (Å²) in [4.78, 5) is 23.4. The second kappa shape index (κ2) is 9.04. The van der Waals surface area contributed by atoms with Crippen LogP contribution in [0.3, 0.4) is 0 Å². The molecule has 138 valence electrons. The second-order valence-corrected chi connectivity index (χ2v) is 6.32. The van der Waals surface area contributed by atoms with E-state index in [2.05, 4.69) is 31.6 Å². The van der Waals surface area contributed by atoms with Gasteiger partial charge in [0, 0.05) is 5.39 Å². The number of methoxy groups -OCH3 is 1. The molecule has 5 heteroatoms. The third kappa shape index (κ3) is 5.34. The van der Waals surface area contributed by atoms with Crippen LogP contribution in [0.15, 0.2) is 56.8 Å². The van der Waals surface area contributed by atoms with Crippen LogP contribution in [0.4, 0.5) is 0 Å². The van der Waals surface area contributed by atoms with Gasteiger partial charge in [-0.05, 0) is 64.0 Å². The SMILES string of the molecule is COC(=O)c1cc2cc(OC/C=C(\C)CCC=C(C)C)ccc2oc1=O. The molecule has 0 N–H and O–H groups in total. The summed E-state index contributed by atoms with van der Waals surface area (Å²) < 4.78 is 15.5. The van der Waals surface area contributed by atoms with Gasteiger partial charge in [0.15, 0.2) is 0 Å². The predicted molar refractivity (Wildman–Crippen MR) is 102 cm³/mol. The Morgan fingerprint density at radius 3 is 2.62 bits per heavy atom. The minimum atomic E-state index is -0.720. The summed E-state index contributed by atoms with van der Waals surface area (Å²) in [6.07, 6.45) is 6.29. The van der Waals surface area contributed by atoms with Crippen LogP contribution in [-0.2, 0) is 4.74 Å². The Hall–Kier alpha value is -2.82. The van der Waals surface area contributed by atoms with E-state index in [9.17, 15) is 9.59 Å². The van der Waals surface area contributed by atoms with E-state index >= 15 is 0 Å². The number of hydrogen-bond acceptors (Lipinski definition) is 5. The van der Waals surface area contributed by atoms with Crippen molar-refractivity contribution in [3.63, 3.8) is 0 Å². The van der Waals surface area contributed by atoms with Crippen molar-refractivity contribution in [2.75, 3.05) is 13.7 Å². The summed E-state index contributed by atoms with van der Waals surface area (Å²) in [5, 5.41) is 0.603. The first kappa shape index (κ1) is 19.5. The van der Waals surface area contributed by atoms with Gasteiger partial charge in [0.25, 0.3) is 0 Å². The number of carbonyl (C=O) groups excluding carboxylic acids is 1. The fraction of sp³-hybridized carbons (Fsp3) is 0.333. The van der Waals surface area contributed by atoms with Gasteiger partial charge in [-0.3, -0.25) is 0 Å². The highest BCUT2D eigenvalue weighted by molar-refractivity contribution is 5.93. The zero-order valence-corrected chi connectivity index (χ0v) is 15.6. The average Bonchev–Trinajstić information content (AvgIpc) is 2.60. The van der Waals surface area contributed by atoms with Crippen LogP contribution < -0.4 is 10.4 Å². The van der Waals surface area contributed by atoms with E-state index in [1.807, 2.05) is 6.08 Å². The Balaban J connectivity index is 2.08. The Kier molecular flexibility index (Phi) is 6.78. The van der Waals surface area contributed by atoms with Gasteiger partial charge in [-0.15, -0.1) is 0 Å². The highest BCUT2D eigenvalue weighted by Gasteiger charge is 2.14. The van der Waals surface area contributed by atoms with E-state index in [1.165, 1.54) is 24.3 Å². The molecule has 26 heavy (non-hydrogen) atoms. The van der Waals surface area contributed by atoms with Crippen molar-refractivity contribution in [1.29, 1.82) is 0 Å². The molecule has 0 saturated heterocycles. The number of benzene rings is 1. The van der Waals surface area contributed by atoms with Crippen molar-refractivity contribution in [3.8, 4) is 5.75 Å². The highest BCUT2D eigenvalue weighted by Crippen LogP contribution is 2.21. The first-order valence-electron chi connectivity index (χ1n) is 8.48. The predicted octanol–water partition coefficient (Wildman–Crippen LogP) is 4.65. The number of allylic oxidation sites excluding steroid dienone is 3. The zero-order chi connectivity index (χ0) is 19.1. The molecule has 0 aliphatic carbocycles. The maximum absolute atomic E-state index is 11.8. The standard InChI is InChI=1S/C21H24O5/c1-14(2)6-5-7-15(3)10-11-25-17-8-9-19-16(12-17)13-18(20(22)24-4)21(23)26-19/h6,8-10,12-13H,5,7,11H2,1-4H3/b15-10+. The van der Waals surface area contributed by atoms with Crippen molar-refractivity contribution >= 4 is 16.9 Å². The number of carbonyl (C=O) groups is 1. The maximum atomic E-state index is 11.8. The molecule has 0 unspecified atom stereocenters. The topological polar surface area (TPSA) is 65.7 Å². The van der Waals surface area contributed by atoms with E-state index < -0.39 is 11.6 Å². The Bertz CT molecular complexity index is 898. The minimum Gasteiger partial charge on any atom is -0.490 e. The first-order valence-corrected chi connectivity index (χ1v) is 8.48. The molecule has 0 atom stereocenters. The van der Waals surface area contributed by atoms with Gasteiger partial charge in [-0.25, -0.2) is 9.59 Å². The molecule has 1 heterocycles. The molecule has 0 aliphatic heterocycles. The van der Waals surface area contributed by atoms with Crippen molar-refractivity contribution < 1.29 is 18.7 Å². The molecule has 0 aliphatic rings. The molecule has 0 saturated carbocycles. The lowest BCUT2D eigenvalue weighted by Crippen LogP contribution is -2.14. The summed E-state index contributed by atoms with van der Waals surface area (Å²) in [6.45, 7) is 6.72. The summed E-state index contributed by atoms with van der Waals surface area (Å²) in [7, 11) is 1.22. The lowest BCUT2D eigenvalue weighted by atomic mass is 10.1. The van der Waals surface area contributed by atoms with Crippen LogP contribution in [0.2, 0.25) is 0 Å². The average molecular weight is 356 g/mol. The van der Waals surface area contributed by atoms with Crippen LogP contribution in [0.25, 0.3) is 11.0 Å². The van der Waals surface area contributed by atoms with E-state index in [0.29, 0.717) is 23.3 Å². The minimum absolute atomic E-state index is 0.132. The summed E-state index contributed by atoms with van der Waals surface area (Å²) in [5.41, 5.74) is 2.13. The lowest BCUT2D eigenvalue weighted by Gasteiger charge is -2.06. The molecule has 0 spiro atoms. The van der Waals surface area contributed by atoms with Gasteiger partial charge in [0.05, 0.1) is 7.11 Å². The quantitative estimate of drug-likeness (QED) is 0.410. The molecule has 2 aromatic rings. The van der Waals surface area contributed by atoms with Gasteiger partial charge >= 0.3 is 11.6 Å². The molecule has 2 rings (SSSR count). The Morgan fingerprint density at radius 1 is 1.15 bits per heavy atom. The second-order valence-electron chi connectivity index (χ2n) is 6.32. The van der Waals surface area contributed by atoms with Crippen molar-refractivity contribution in [2.45, 2.75) is 33.6 Å². The van der Waals surface area contributed by atoms with Crippen LogP contribution >= 0.6 is 0 Å². The van der Waals surface area contributed by atoms with E-state index in [0.717, 1.165) is 12.8 Å². The molecular weight excluding hydrogens is 332 g/mol. The van der Waals surface area contributed by atoms with E-state index in [-0.39, 0.29) is 5.56 Å². The zero-order valence-electron chi connectivity index (χ0n) is 15.6. The maximum Gasteiger partial charge on any atom is 0.351 e. The van der Waals surface area contributed by atoms with Crippen LogP contribution in [0.1, 0.15) is 44.0 Å². The molecule has 1 aromatic heterocycles. The van der Waals surface area contributed by atoms with Crippen LogP contribution in [0, 0.1) is 0 Å². The van der Waals surface area contributed by atoms with E-state index in [4.69, 9.17) is 9.15 Å². The van der Waals surface area contributed by atoms with E-state index in [1.54, 1.807) is 18.2 Å². The molecule has 1 aromatic carbocycles. The van der Waals surface area contributed by atoms with Gasteiger partial charge in [0.1, 0.15) is 23.5 Å². The van der Waals surface area contributed by atoms with Gasteiger partial charge in [-0.2, -0.15) is 0 Å². The fourth-order valence-corrected chi connectivity index (χ4v) is 2.41. The lowest BCUT2D eigenvalue weighted by molar-refractivity contribution is 0.0596. The Morgan fingerprint density at radius 2 is 1.92 bits per heavy atom. The Labute approximate surface area is 152 Å². The summed E-state index contributed by atoms with van der Waals surface area (Å²) in [5.74, 6) is -0.0857. The van der Waals surface area contributed by atoms with Crippen LogP contribution in [-0.4, -0.2) is 19.7 Å². The molecule has 0 amide bonds. The van der Waals surface area contributed by atoms with Crippen LogP contribution in [0.5, 0.6) is 5.75 Å². The highest BCUT2D eigenvalue weighted by atomic mass is 16.5. The number of hydrogen-bond donors (Lipinski definition) is 0. The molecule has 5 nitrogen and oxygen atoms in total. The largest absolute Gasteiger partial charge is 0.490 e. The summed E-state index contributed by atoms with van der Waals surface area (Å²) in [6, 6.07) is 6.57.